The van der Waals surface area contributed by atoms with E-state index >= 15 is 0 Å². The van der Waals surface area contributed by atoms with Gasteiger partial charge in [-0.05, 0) is 68.1 Å². The molecule has 0 bridgehead atoms. The highest BCUT2D eigenvalue weighted by Gasteiger charge is 2.63. The minimum atomic E-state index is -0.138. The van der Waals surface area contributed by atoms with E-state index in [4.69, 9.17) is 0 Å². The quantitative estimate of drug-likeness (QED) is 0.588. The smallest absolute Gasteiger partial charge is 0.139 e. The van der Waals surface area contributed by atoms with Crippen LogP contribution in [0.15, 0.2) is 24.3 Å². The number of Topliss-reactive ketones (excluding diaryl/α,β-unsaturated/α-hetero) is 1. The third kappa shape index (κ3) is 2.46. The van der Waals surface area contributed by atoms with Crippen LogP contribution >= 0.6 is 0 Å². The van der Waals surface area contributed by atoms with Gasteiger partial charge in [0, 0.05) is 11.8 Å². The van der Waals surface area contributed by atoms with E-state index in [9.17, 15) is 4.79 Å². The van der Waals surface area contributed by atoms with Crippen molar-refractivity contribution in [2.45, 2.75) is 72.6 Å². The van der Waals surface area contributed by atoms with Gasteiger partial charge in [0.2, 0.25) is 0 Å². The van der Waals surface area contributed by atoms with E-state index in [0.717, 1.165) is 37.5 Å². The van der Waals surface area contributed by atoms with Gasteiger partial charge < -0.3 is 0 Å². The van der Waals surface area contributed by atoms with Gasteiger partial charge in [-0.2, -0.15) is 0 Å². The molecule has 0 spiro atoms. The van der Waals surface area contributed by atoms with Crippen LogP contribution in [-0.4, -0.2) is 5.78 Å². The summed E-state index contributed by atoms with van der Waals surface area (Å²) in [6, 6.07) is 0. The average Bonchev–Trinajstić information content (AvgIpc) is 2.78. The van der Waals surface area contributed by atoms with Gasteiger partial charge in [-0.3, -0.25) is 4.79 Å². The van der Waals surface area contributed by atoms with Gasteiger partial charge in [-0.15, -0.1) is 6.58 Å². The van der Waals surface area contributed by atoms with Crippen LogP contribution in [0.3, 0.4) is 0 Å². The van der Waals surface area contributed by atoms with Crippen molar-refractivity contribution in [2.24, 2.45) is 34.5 Å². The highest BCUT2D eigenvalue weighted by Crippen LogP contribution is 2.67. The van der Waals surface area contributed by atoms with E-state index in [2.05, 4.69) is 40.9 Å². The van der Waals surface area contributed by atoms with Gasteiger partial charge in [0.1, 0.15) is 5.78 Å². The minimum Gasteiger partial charge on any atom is -0.299 e. The standard InChI is InChI=1S/C22H34O/c1-14(2)7-10-18-16(4)8-9-17-12-20(23)21(5)13-15(3)11-19(21)22(17,18)6/h16-19H,1,3,7-13H2,2,4-6H3/t16-,17+,18+,19+,21?,22+/m0/s1. The van der Waals surface area contributed by atoms with Gasteiger partial charge in [0.15, 0.2) is 0 Å². The molecular weight excluding hydrogens is 280 g/mol. The predicted octanol–water partition coefficient (Wildman–Crippen LogP) is 5.96. The lowest BCUT2D eigenvalue weighted by atomic mass is 9.43. The summed E-state index contributed by atoms with van der Waals surface area (Å²) in [6.45, 7) is 17.8. The summed E-state index contributed by atoms with van der Waals surface area (Å²) in [5.74, 6) is 3.11. The summed E-state index contributed by atoms with van der Waals surface area (Å²) in [7, 11) is 0. The fraction of sp³-hybridized carbons (Fsp3) is 0.773. The molecule has 3 aliphatic rings. The zero-order chi connectivity index (χ0) is 17.0. The van der Waals surface area contributed by atoms with E-state index in [1.165, 1.54) is 30.4 Å². The lowest BCUT2D eigenvalue weighted by Gasteiger charge is -2.60. The van der Waals surface area contributed by atoms with Gasteiger partial charge >= 0.3 is 0 Å². The molecule has 0 aromatic carbocycles. The number of hydrogen-bond acceptors (Lipinski definition) is 1. The maximum atomic E-state index is 12.9. The van der Waals surface area contributed by atoms with Crippen LogP contribution in [0.4, 0.5) is 0 Å². The third-order valence-corrected chi connectivity index (χ3v) is 7.92. The Morgan fingerprint density at radius 2 is 1.96 bits per heavy atom. The molecule has 0 heterocycles. The van der Waals surface area contributed by atoms with E-state index in [1.54, 1.807) is 0 Å². The van der Waals surface area contributed by atoms with E-state index < -0.39 is 0 Å². The molecule has 3 rings (SSSR count). The number of carbonyl (C=O) groups is 1. The Kier molecular flexibility index (Phi) is 4.14. The second kappa shape index (κ2) is 5.60. The molecule has 6 atom stereocenters. The maximum absolute atomic E-state index is 12.9. The maximum Gasteiger partial charge on any atom is 0.139 e. The normalized spacial score (nSPS) is 46.4. The Hall–Kier alpha value is -0.850. The second-order valence-corrected chi connectivity index (χ2v) is 9.45. The Bertz CT molecular complexity index is 544. The van der Waals surface area contributed by atoms with Crippen molar-refractivity contribution in [3.63, 3.8) is 0 Å². The summed E-state index contributed by atoms with van der Waals surface area (Å²) >= 11 is 0. The number of ketones is 1. The molecule has 23 heavy (non-hydrogen) atoms. The molecule has 0 N–H and O–H groups in total. The summed E-state index contributed by atoms with van der Waals surface area (Å²) in [5.41, 5.74) is 2.77. The molecule has 0 aliphatic heterocycles. The van der Waals surface area contributed by atoms with Crippen LogP contribution in [0, 0.1) is 34.5 Å². The Labute approximate surface area is 142 Å². The largest absolute Gasteiger partial charge is 0.299 e. The topological polar surface area (TPSA) is 17.1 Å². The average molecular weight is 315 g/mol. The first-order chi connectivity index (χ1) is 10.7. The highest BCUT2D eigenvalue weighted by molar-refractivity contribution is 5.87. The van der Waals surface area contributed by atoms with Gasteiger partial charge in [-0.1, -0.05) is 44.9 Å². The molecule has 0 saturated heterocycles. The molecule has 0 aromatic rings. The van der Waals surface area contributed by atoms with E-state index in [-0.39, 0.29) is 5.41 Å². The number of rotatable bonds is 3. The van der Waals surface area contributed by atoms with E-state index in [0.29, 0.717) is 23.0 Å². The molecule has 1 heteroatoms. The molecular formula is C22H34O. The minimum absolute atomic E-state index is 0.138. The number of allylic oxidation sites excluding steroid dienone is 2. The van der Waals surface area contributed by atoms with Crippen LogP contribution < -0.4 is 0 Å². The zero-order valence-electron chi connectivity index (χ0n) is 15.6. The monoisotopic (exact) mass is 314 g/mol. The molecule has 3 aliphatic carbocycles. The summed E-state index contributed by atoms with van der Waals surface area (Å²) < 4.78 is 0. The Morgan fingerprint density at radius 1 is 1.26 bits per heavy atom. The van der Waals surface area contributed by atoms with Crippen molar-refractivity contribution in [1.82, 2.24) is 0 Å². The molecule has 1 unspecified atom stereocenters. The van der Waals surface area contributed by atoms with Gasteiger partial charge in [0.25, 0.3) is 0 Å². The summed E-state index contributed by atoms with van der Waals surface area (Å²) in [5, 5.41) is 0. The molecule has 0 aromatic heterocycles. The number of fused-ring (bicyclic) bond motifs is 3. The van der Waals surface area contributed by atoms with Crippen LogP contribution in [0.2, 0.25) is 0 Å². The van der Waals surface area contributed by atoms with Crippen LogP contribution in [-0.2, 0) is 4.79 Å². The number of hydrogen-bond donors (Lipinski definition) is 0. The van der Waals surface area contributed by atoms with Crippen molar-refractivity contribution in [3.8, 4) is 0 Å². The molecule has 0 radical (unpaired) electrons. The Balaban J connectivity index is 2.00. The first-order valence-electron chi connectivity index (χ1n) is 9.54. The summed E-state index contributed by atoms with van der Waals surface area (Å²) in [6.07, 6.45) is 7.73. The van der Waals surface area contributed by atoms with Crippen molar-refractivity contribution in [2.75, 3.05) is 0 Å². The van der Waals surface area contributed by atoms with Gasteiger partial charge in [-0.25, -0.2) is 0 Å². The van der Waals surface area contributed by atoms with E-state index in [1.807, 2.05) is 0 Å². The summed E-state index contributed by atoms with van der Waals surface area (Å²) in [4.78, 5) is 12.9. The zero-order valence-corrected chi connectivity index (χ0v) is 15.6. The van der Waals surface area contributed by atoms with Crippen molar-refractivity contribution < 1.29 is 4.79 Å². The lowest BCUT2D eigenvalue weighted by molar-refractivity contribution is -0.159. The van der Waals surface area contributed by atoms with Crippen LogP contribution in [0.1, 0.15) is 72.6 Å². The number of carbonyl (C=O) groups excluding carboxylic acids is 1. The lowest BCUT2D eigenvalue weighted by Crippen LogP contribution is -2.57. The molecule has 3 fully saturated rings. The van der Waals surface area contributed by atoms with Crippen LogP contribution in [0.25, 0.3) is 0 Å². The molecule has 3 saturated carbocycles. The first-order valence-corrected chi connectivity index (χ1v) is 9.54. The molecule has 0 amide bonds. The van der Waals surface area contributed by atoms with Crippen molar-refractivity contribution in [1.29, 1.82) is 0 Å². The second-order valence-electron chi connectivity index (χ2n) is 9.45. The van der Waals surface area contributed by atoms with Gasteiger partial charge in [0.05, 0.1) is 0 Å². The van der Waals surface area contributed by atoms with Crippen LogP contribution in [0.5, 0.6) is 0 Å². The fourth-order valence-electron chi connectivity index (χ4n) is 6.64. The first kappa shape index (κ1) is 17.0. The van der Waals surface area contributed by atoms with Crippen molar-refractivity contribution in [3.05, 3.63) is 24.3 Å². The third-order valence-electron chi connectivity index (χ3n) is 7.92. The predicted molar refractivity (Wildman–Crippen MR) is 97.1 cm³/mol. The Morgan fingerprint density at radius 3 is 2.61 bits per heavy atom. The SMILES string of the molecule is C=C(C)CC[C@@H]1[C@@H](C)CC[C@@H]2CC(=O)C3(C)CC(=C)C[C@H]3[C@]21C. The fourth-order valence-corrected chi connectivity index (χ4v) is 6.64. The molecule has 1 nitrogen and oxygen atoms in total. The molecule has 128 valence electrons. The highest BCUT2D eigenvalue weighted by atomic mass is 16.1. The van der Waals surface area contributed by atoms with Crippen molar-refractivity contribution >= 4 is 5.78 Å².